The van der Waals surface area contributed by atoms with Crippen LogP contribution in [0.2, 0.25) is 0 Å². The highest BCUT2D eigenvalue weighted by molar-refractivity contribution is 4.96. The molecule has 0 aromatic heterocycles. The van der Waals surface area contributed by atoms with E-state index in [9.17, 15) is 0 Å². The molecule has 0 N–H and O–H groups in total. The molecule has 3 aliphatic heterocycles. The zero-order valence-electron chi connectivity index (χ0n) is 10.9. The largest absolute Gasteiger partial charge is 0.300 e. The number of hydrogen-bond acceptors (Lipinski definition) is 2. The monoisotopic (exact) mass is 222 g/mol. The smallest absolute Gasteiger partial charge is 0.0136 e. The third-order valence-corrected chi connectivity index (χ3v) is 5.03. The molecule has 3 aliphatic rings. The molecule has 0 spiro atoms. The summed E-state index contributed by atoms with van der Waals surface area (Å²) in [7, 11) is 0. The SMILES string of the molecule is CC(C)N1C[C@H]2C[C@@H](C1)[C@@H]1CCCCN1C2. The predicted octanol–water partition coefficient (Wildman–Crippen LogP) is 2.20. The Kier molecular flexibility index (Phi) is 2.97. The van der Waals surface area contributed by atoms with Crippen LogP contribution < -0.4 is 0 Å². The lowest BCUT2D eigenvalue weighted by molar-refractivity contribution is -0.0383. The number of nitrogens with zero attached hydrogens (tertiary/aromatic N) is 2. The molecular weight excluding hydrogens is 196 g/mol. The Balaban J connectivity index is 1.72. The van der Waals surface area contributed by atoms with Gasteiger partial charge in [0, 0.05) is 31.7 Å². The van der Waals surface area contributed by atoms with Gasteiger partial charge in [-0.05, 0) is 51.5 Å². The lowest BCUT2D eigenvalue weighted by atomic mass is 9.76. The van der Waals surface area contributed by atoms with Crippen molar-refractivity contribution < 1.29 is 0 Å². The van der Waals surface area contributed by atoms with Gasteiger partial charge in [-0.2, -0.15) is 0 Å². The van der Waals surface area contributed by atoms with E-state index in [0.29, 0.717) is 0 Å². The zero-order valence-corrected chi connectivity index (χ0v) is 10.9. The first-order valence-corrected chi connectivity index (χ1v) is 7.22. The van der Waals surface area contributed by atoms with Gasteiger partial charge in [0.05, 0.1) is 0 Å². The molecule has 0 saturated carbocycles. The van der Waals surface area contributed by atoms with Crippen LogP contribution in [0.3, 0.4) is 0 Å². The highest BCUT2D eigenvalue weighted by atomic mass is 15.2. The van der Waals surface area contributed by atoms with Gasteiger partial charge in [0.15, 0.2) is 0 Å². The van der Waals surface area contributed by atoms with Crippen LogP contribution in [0.1, 0.15) is 39.5 Å². The Morgan fingerprint density at radius 2 is 1.94 bits per heavy atom. The van der Waals surface area contributed by atoms with E-state index in [-0.39, 0.29) is 0 Å². The minimum Gasteiger partial charge on any atom is -0.300 e. The Morgan fingerprint density at radius 1 is 1.06 bits per heavy atom. The number of rotatable bonds is 1. The van der Waals surface area contributed by atoms with E-state index >= 15 is 0 Å². The van der Waals surface area contributed by atoms with Gasteiger partial charge < -0.3 is 4.90 Å². The molecule has 0 unspecified atom stereocenters. The van der Waals surface area contributed by atoms with Crippen LogP contribution in [0.25, 0.3) is 0 Å². The van der Waals surface area contributed by atoms with Crippen LogP contribution in [0, 0.1) is 11.8 Å². The van der Waals surface area contributed by atoms with E-state index in [1.165, 1.54) is 51.9 Å². The second-order valence-electron chi connectivity index (χ2n) is 6.47. The van der Waals surface area contributed by atoms with Gasteiger partial charge in [-0.1, -0.05) is 6.42 Å². The third kappa shape index (κ3) is 1.91. The van der Waals surface area contributed by atoms with Crippen molar-refractivity contribution in [3.63, 3.8) is 0 Å². The van der Waals surface area contributed by atoms with E-state index in [1.54, 1.807) is 0 Å². The van der Waals surface area contributed by atoms with E-state index in [4.69, 9.17) is 0 Å². The van der Waals surface area contributed by atoms with Crippen LogP contribution in [0.4, 0.5) is 0 Å². The van der Waals surface area contributed by atoms with Crippen LogP contribution in [-0.4, -0.2) is 48.1 Å². The molecule has 0 radical (unpaired) electrons. The normalized spacial score (nSPS) is 41.1. The fraction of sp³-hybridized carbons (Fsp3) is 1.00. The number of piperidine rings is 3. The van der Waals surface area contributed by atoms with E-state index in [0.717, 1.165) is 23.9 Å². The Morgan fingerprint density at radius 3 is 2.75 bits per heavy atom. The van der Waals surface area contributed by atoms with Crippen molar-refractivity contribution in [2.75, 3.05) is 26.2 Å². The van der Waals surface area contributed by atoms with Crippen molar-refractivity contribution in [2.45, 2.75) is 51.6 Å². The van der Waals surface area contributed by atoms with Crippen LogP contribution >= 0.6 is 0 Å². The average Bonchev–Trinajstić information content (AvgIpc) is 2.28. The Labute approximate surface area is 100.0 Å². The highest BCUT2D eigenvalue weighted by Gasteiger charge is 2.41. The second-order valence-corrected chi connectivity index (χ2v) is 6.47. The summed E-state index contributed by atoms with van der Waals surface area (Å²) in [6, 6.07) is 1.69. The minimum atomic E-state index is 0.750. The van der Waals surface area contributed by atoms with Crippen molar-refractivity contribution >= 4 is 0 Å². The maximum absolute atomic E-state index is 2.82. The first kappa shape index (κ1) is 11.0. The van der Waals surface area contributed by atoms with Crippen LogP contribution in [-0.2, 0) is 0 Å². The average molecular weight is 222 g/mol. The molecule has 92 valence electrons. The minimum absolute atomic E-state index is 0.750. The van der Waals surface area contributed by atoms with Gasteiger partial charge in [0.25, 0.3) is 0 Å². The van der Waals surface area contributed by atoms with Crippen molar-refractivity contribution in [1.82, 2.24) is 9.80 Å². The summed E-state index contributed by atoms with van der Waals surface area (Å²) < 4.78 is 0. The summed E-state index contributed by atoms with van der Waals surface area (Å²) in [5.74, 6) is 1.95. The fourth-order valence-corrected chi connectivity index (χ4v) is 4.23. The zero-order chi connectivity index (χ0) is 11.1. The Bertz CT molecular complexity index is 251. The molecule has 0 amide bonds. The van der Waals surface area contributed by atoms with Gasteiger partial charge in [-0.3, -0.25) is 4.90 Å². The molecule has 0 aromatic rings. The second kappa shape index (κ2) is 4.30. The lowest BCUT2D eigenvalue weighted by Gasteiger charge is -2.53. The summed E-state index contributed by atoms with van der Waals surface area (Å²) in [4.78, 5) is 5.55. The maximum Gasteiger partial charge on any atom is 0.0136 e. The van der Waals surface area contributed by atoms with E-state index in [1.807, 2.05) is 0 Å². The quantitative estimate of drug-likeness (QED) is 0.671. The summed E-state index contributed by atoms with van der Waals surface area (Å²) in [6.45, 7) is 10.2. The molecule has 3 atom stereocenters. The van der Waals surface area contributed by atoms with Gasteiger partial charge in [-0.15, -0.1) is 0 Å². The van der Waals surface area contributed by atoms with Gasteiger partial charge >= 0.3 is 0 Å². The van der Waals surface area contributed by atoms with Gasteiger partial charge in [-0.25, -0.2) is 0 Å². The topological polar surface area (TPSA) is 6.48 Å². The molecule has 2 heteroatoms. The summed E-state index contributed by atoms with van der Waals surface area (Å²) in [5, 5.41) is 0. The van der Waals surface area contributed by atoms with Crippen LogP contribution in [0.5, 0.6) is 0 Å². The third-order valence-electron chi connectivity index (χ3n) is 5.03. The van der Waals surface area contributed by atoms with Crippen molar-refractivity contribution in [3.05, 3.63) is 0 Å². The molecule has 2 nitrogen and oxygen atoms in total. The first-order valence-electron chi connectivity index (χ1n) is 7.22. The van der Waals surface area contributed by atoms with Crippen molar-refractivity contribution in [3.8, 4) is 0 Å². The maximum atomic E-state index is 2.82. The standard InChI is InChI=1S/C14H26N2/c1-11(2)16-9-12-7-13(10-16)14-5-3-4-6-15(14)8-12/h11-14H,3-10H2,1-2H3/t12-,13-,14-/m0/s1. The lowest BCUT2D eigenvalue weighted by Crippen LogP contribution is -2.59. The molecule has 3 fully saturated rings. The van der Waals surface area contributed by atoms with Crippen LogP contribution in [0.15, 0.2) is 0 Å². The molecular formula is C14H26N2. The van der Waals surface area contributed by atoms with E-state index in [2.05, 4.69) is 23.6 Å². The summed E-state index contributed by atoms with van der Waals surface area (Å²) in [5.41, 5.74) is 0. The summed E-state index contributed by atoms with van der Waals surface area (Å²) >= 11 is 0. The molecule has 3 heterocycles. The fourth-order valence-electron chi connectivity index (χ4n) is 4.23. The van der Waals surface area contributed by atoms with Gasteiger partial charge in [0.2, 0.25) is 0 Å². The molecule has 2 bridgehead atoms. The van der Waals surface area contributed by atoms with Crippen molar-refractivity contribution in [1.29, 1.82) is 0 Å². The molecule has 0 aliphatic carbocycles. The molecule has 16 heavy (non-hydrogen) atoms. The number of likely N-dealkylation sites (tertiary alicyclic amines) is 1. The van der Waals surface area contributed by atoms with E-state index < -0.39 is 0 Å². The molecule has 3 saturated heterocycles. The molecule has 0 aromatic carbocycles. The Hall–Kier alpha value is -0.0800. The predicted molar refractivity (Wildman–Crippen MR) is 67.5 cm³/mol. The first-order chi connectivity index (χ1) is 7.74. The van der Waals surface area contributed by atoms with Crippen molar-refractivity contribution in [2.24, 2.45) is 11.8 Å². The highest BCUT2D eigenvalue weighted by Crippen LogP contribution is 2.37. The number of fused-ring (bicyclic) bond motifs is 4. The molecule has 3 rings (SSSR count). The number of hydrogen-bond donors (Lipinski definition) is 0. The van der Waals surface area contributed by atoms with Gasteiger partial charge in [0.1, 0.15) is 0 Å². The summed E-state index contributed by atoms with van der Waals surface area (Å²) in [6.07, 6.45) is 5.92.